The molecule has 3 atom stereocenters. The van der Waals surface area contributed by atoms with E-state index < -0.39 is 5.41 Å². The summed E-state index contributed by atoms with van der Waals surface area (Å²) in [6.45, 7) is 4.70. The number of ether oxygens (including phenoxy) is 2. The van der Waals surface area contributed by atoms with Gasteiger partial charge in [-0.15, -0.1) is 11.6 Å². The molecule has 9 heteroatoms. The number of halogens is 2. The molecule has 0 saturated carbocycles. The van der Waals surface area contributed by atoms with E-state index in [2.05, 4.69) is 24.4 Å². The summed E-state index contributed by atoms with van der Waals surface area (Å²) in [4.78, 5) is 33.1. The van der Waals surface area contributed by atoms with Crippen LogP contribution in [-0.2, 0) is 19.7 Å². The first-order valence-electron chi connectivity index (χ1n) is 13.8. The number of carbonyl (C=O) groups is 2. The molecule has 2 heterocycles. The molecule has 0 radical (unpaired) electrons. The summed E-state index contributed by atoms with van der Waals surface area (Å²) in [5, 5.41) is 3.73. The molecule has 0 spiro atoms. The van der Waals surface area contributed by atoms with Gasteiger partial charge in [0.15, 0.2) is 0 Å². The van der Waals surface area contributed by atoms with Gasteiger partial charge in [-0.25, -0.2) is 0 Å². The molecule has 3 aliphatic carbocycles. The molecule has 0 aromatic carbocycles. The van der Waals surface area contributed by atoms with Gasteiger partial charge in [0, 0.05) is 42.1 Å². The lowest BCUT2D eigenvalue weighted by atomic mass is 9.70. The number of nitrogens with one attached hydrogen (secondary N) is 1. The van der Waals surface area contributed by atoms with Crippen molar-refractivity contribution in [2.24, 2.45) is 0 Å². The van der Waals surface area contributed by atoms with Crippen LogP contribution in [0, 0.1) is 0 Å². The van der Waals surface area contributed by atoms with Crippen LogP contribution in [0.3, 0.4) is 0 Å². The van der Waals surface area contributed by atoms with Gasteiger partial charge in [0.25, 0.3) is 5.91 Å². The van der Waals surface area contributed by atoms with Gasteiger partial charge >= 0.3 is 5.97 Å². The molecule has 5 rings (SSSR count). The molecule has 0 bridgehead atoms. The van der Waals surface area contributed by atoms with Crippen molar-refractivity contribution in [2.45, 2.75) is 62.8 Å². The van der Waals surface area contributed by atoms with Crippen LogP contribution in [-0.4, -0.2) is 55.1 Å². The van der Waals surface area contributed by atoms with E-state index in [1.54, 1.807) is 25.1 Å². The van der Waals surface area contributed by atoms with Gasteiger partial charge in [-0.2, -0.15) is 0 Å². The number of anilines is 1. The van der Waals surface area contributed by atoms with Crippen molar-refractivity contribution in [2.75, 3.05) is 31.7 Å². The highest BCUT2D eigenvalue weighted by molar-refractivity contribution is 6.31. The van der Waals surface area contributed by atoms with E-state index in [9.17, 15) is 9.59 Å². The maximum atomic E-state index is 13.9. The van der Waals surface area contributed by atoms with Crippen molar-refractivity contribution < 1.29 is 19.1 Å². The van der Waals surface area contributed by atoms with E-state index in [-0.39, 0.29) is 36.4 Å². The molecule has 0 saturated heterocycles. The maximum absolute atomic E-state index is 13.9. The van der Waals surface area contributed by atoms with E-state index in [4.69, 9.17) is 37.7 Å². The van der Waals surface area contributed by atoms with Crippen molar-refractivity contribution in [1.29, 1.82) is 0 Å². The van der Waals surface area contributed by atoms with Crippen LogP contribution >= 0.6 is 23.2 Å². The SMILES string of the molecule is CCOC(=O)CN(C)c1c(C(=O)N[C@H]2CCOC3=C2CCC=C3)cnc2c1C=CCC2(C)C1=CC(Cl)CC(Cl)=C1. The molecule has 7 nitrogen and oxygen atoms in total. The summed E-state index contributed by atoms with van der Waals surface area (Å²) in [5.41, 5.74) is 4.24. The van der Waals surface area contributed by atoms with Crippen molar-refractivity contribution in [3.8, 4) is 0 Å². The third kappa shape index (κ3) is 5.59. The second-order valence-corrected chi connectivity index (χ2v) is 11.9. The molecule has 1 N–H and O–H groups in total. The minimum absolute atomic E-state index is 0.00925. The topological polar surface area (TPSA) is 80.8 Å². The fourth-order valence-corrected chi connectivity index (χ4v) is 6.66. The monoisotopic (exact) mass is 583 g/mol. The zero-order valence-corrected chi connectivity index (χ0v) is 24.6. The number of amides is 1. The number of rotatable bonds is 7. The summed E-state index contributed by atoms with van der Waals surface area (Å²) in [7, 11) is 1.80. The molecule has 4 aliphatic rings. The number of carbonyl (C=O) groups excluding carboxylic acids is 2. The highest BCUT2D eigenvalue weighted by atomic mass is 35.5. The Morgan fingerprint density at radius 1 is 1.30 bits per heavy atom. The average Bonchev–Trinajstić information content (AvgIpc) is 2.92. The van der Waals surface area contributed by atoms with Crippen LogP contribution in [0.15, 0.2) is 58.5 Å². The Balaban J connectivity index is 1.56. The number of hydrogen-bond acceptors (Lipinski definition) is 6. The summed E-state index contributed by atoms with van der Waals surface area (Å²) < 4.78 is 11.1. The fourth-order valence-electron chi connectivity index (χ4n) is 6.00. The van der Waals surface area contributed by atoms with Crippen LogP contribution in [0.2, 0.25) is 0 Å². The molecule has 1 aliphatic heterocycles. The van der Waals surface area contributed by atoms with E-state index in [1.807, 2.05) is 24.3 Å². The second-order valence-electron chi connectivity index (χ2n) is 10.8. The first-order valence-corrected chi connectivity index (χ1v) is 14.6. The van der Waals surface area contributed by atoms with Gasteiger partial charge in [0.2, 0.25) is 0 Å². The molecule has 1 aromatic heterocycles. The number of fused-ring (bicyclic) bond motifs is 1. The molecular formula is C31H35Cl2N3O4. The minimum atomic E-state index is -0.513. The van der Waals surface area contributed by atoms with Crippen LogP contribution in [0.1, 0.15) is 67.6 Å². The molecule has 1 amide bonds. The highest BCUT2D eigenvalue weighted by Gasteiger charge is 2.39. The number of pyridine rings is 1. The lowest BCUT2D eigenvalue weighted by Gasteiger charge is -2.37. The predicted molar refractivity (Wildman–Crippen MR) is 159 cm³/mol. The summed E-state index contributed by atoms with van der Waals surface area (Å²) in [6.07, 6.45) is 17.6. The number of esters is 1. The Kier molecular flexibility index (Phi) is 8.43. The van der Waals surface area contributed by atoms with Gasteiger partial charge in [-0.3, -0.25) is 14.6 Å². The van der Waals surface area contributed by atoms with Gasteiger partial charge in [0.05, 0.1) is 41.6 Å². The normalized spacial score (nSPS) is 25.2. The van der Waals surface area contributed by atoms with Crippen molar-refractivity contribution in [3.05, 3.63) is 75.3 Å². The van der Waals surface area contributed by atoms with Gasteiger partial charge in [-0.05, 0) is 56.4 Å². The Labute approximate surface area is 245 Å². The smallest absolute Gasteiger partial charge is 0.325 e. The lowest BCUT2D eigenvalue weighted by Crippen LogP contribution is -2.41. The number of aromatic nitrogens is 1. The van der Waals surface area contributed by atoms with E-state index in [1.165, 1.54) is 0 Å². The Hall–Kier alpha value is -3.03. The number of allylic oxidation sites excluding steroid dienone is 7. The van der Waals surface area contributed by atoms with E-state index in [0.29, 0.717) is 42.2 Å². The zero-order valence-electron chi connectivity index (χ0n) is 23.1. The summed E-state index contributed by atoms with van der Waals surface area (Å²) >= 11 is 13.0. The molecular weight excluding hydrogens is 549 g/mol. The fraction of sp³-hybridized carbons (Fsp3) is 0.452. The van der Waals surface area contributed by atoms with Crippen molar-refractivity contribution >= 4 is 46.8 Å². The Morgan fingerprint density at radius 3 is 2.90 bits per heavy atom. The van der Waals surface area contributed by atoms with Gasteiger partial charge < -0.3 is 19.7 Å². The molecule has 1 aromatic rings. The second kappa shape index (κ2) is 11.8. The zero-order chi connectivity index (χ0) is 28.4. The quantitative estimate of drug-likeness (QED) is 0.316. The van der Waals surface area contributed by atoms with Crippen LogP contribution in [0.4, 0.5) is 5.69 Å². The summed E-state index contributed by atoms with van der Waals surface area (Å²) in [5.74, 6) is 0.248. The standard InChI is InChI=1S/C31H35Cl2N3O4/c1-4-39-27(37)18-36(3)28-23-9-7-12-31(2,19-14-20(32)16-21(33)15-19)29(23)34-17-24(28)30(38)35-25-11-13-40-26-10-6-5-8-22(25)26/h6-7,9-10,14-15,17,20,25H,4-5,8,11-13,16,18H2,1-3H3,(H,35,38)/t20?,25-,31?/m0/s1. The first-order chi connectivity index (χ1) is 19.2. The number of likely N-dealkylation sites (N-methyl/N-ethyl adjacent to an activating group) is 1. The maximum Gasteiger partial charge on any atom is 0.325 e. The highest BCUT2D eigenvalue weighted by Crippen LogP contribution is 2.46. The number of nitrogens with zero attached hydrogens (tertiary/aromatic N) is 2. The molecule has 2 unspecified atom stereocenters. The van der Waals surface area contributed by atoms with Gasteiger partial charge in [0.1, 0.15) is 12.3 Å². The minimum Gasteiger partial charge on any atom is -0.493 e. The largest absolute Gasteiger partial charge is 0.493 e. The van der Waals surface area contributed by atoms with Crippen LogP contribution < -0.4 is 10.2 Å². The molecule has 212 valence electrons. The third-order valence-corrected chi connectivity index (χ3v) is 8.52. The van der Waals surface area contributed by atoms with Gasteiger partial charge in [-0.1, -0.05) is 35.9 Å². The number of alkyl halides is 1. The van der Waals surface area contributed by atoms with Crippen molar-refractivity contribution in [1.82, 2.24) is 10.3 Å². The Bertz CT molecular complexity index is 1360. The lowest BCUT2D eigenvalue weighted by molar-refractivity contribution is -0.141. The average molecular weight is 585 g/mol. The Morgan fingerprint density at radius 2 is 2.12 bits per heavy atom. The van der Waals surface area contributed by atoms with E-state index >= 15 is 0 Å². The molecule has 40 heavy (non-hydrogen) atoms. The molecule has 0 fully saturated rings. The number of hydrogen-bond donors (Lipinski definition) is 1. The van der Waals surface area contributed by atoms with Crippen LogP contribution in [0.5, 0.6) is 0 Å². The summed E-state index contributed by atoms with van der Waals surface area (Å²) in [6, 6.07) is -0.124. The predicted octanol–water partition coefficient (Wildman–Crippen LogP) is 5.94. The third-order valence-electron chi connectivity index (χ3n) is 7.98. The van der Waals surface area contributed by atoms with Crippen LogP contribution in [0.25, 0.3) is 6.08 Å². The van der Waals surface area contributed by atoms with E-state index in [0.717, 1.165) is 41.0 Å². The first kappa shape index (κ1) is 28.5. The van der Waals surface area contributed by atoms with Crippen molar-refractivity contribution in [3.63, 3.8) is 0 Å².